The van der Waals surface area contributed by atoms with Gasteiger partial charge in [0.05, 0.1) is 25.3 Å². The lowest BCUT2D eigenvalue weighted by Gasteiger charge is -2.20. The number of esters is 1. The van der Waals surface area contributed by atoms with E-state index < -0.39 is 5.97 Å². The highest BCUT2D eigenvalue weighted by atomic mass is 16.5. The summed E-state index contributed by atoms with van der Waals surface area (Å²) >= 11 is 0. The highest BCUT2D eigenvalue weighted by Gasteiger charge is 2.24. The molecule has 3 aromatic rings. The molecule has 0 aliphatic carbocycles. The maximum atomic E-state index is 13.2. The zero-order valence-corrected chi connectivity index (χ0v) is 17.8. The molecule has 0 spiro atoms. The molecule has 6 nitrogen and oxygen atoms in total. The Labute approximate surface area is 186 Å². The molecule has 1 heterocycles. The van der Waals surface area contributed by atoms with E-state index in [0.717, 1.165) is 5.56 Å². The van der Waals surface area contributed by atoms with Crippen LogP contribution in [-0.4, -0.2) is 32.6 Å². The fraction of sp³-hybridized carbons (Fsp3) is 0.154. The van der Waals surface area contributed by atoms with Gasteiger partial charge in [0.1, 0.15) is 30.5 Å². The van der Waals surface area contributed by atoms with Crippen molar-refractivity contribution in [2.75, 3.05) is 20.8 Å². The summed E-state index contributed by atoms with van der Waals surface area (Å²) in [5.41, 5.74) is 2.85. The summed E-state index contributed by atoms with van der Waals surface area (Å²) in [6.45, 7) is 0.510. The zero-order valence-electron chi connectivity index (χ0n) is 17.8. The molecular formula is C26H22O6. The number of rotatable bonds is 6. The predicted octanol–water partition coefficient (Wildman–Crippen LogP) is 4.72. The Morgan fingerprint density at radius 3 is 2.59 bits per heavy atom. The van der Waals surface area contributed by atoms with Crippen LogP contribution in [0.15, 0.2) is 72.3 Å². The van der Waals surface area contributed by atoms with Gasteiger partial charge < -0.3 is 18.9 Å². The second-order valence-corrected chi connectivity index (χ2v) is 7.17. The van der Waals surface area contributed by atoms with E-state index in [9.17, 15) is 9.59 Å². The van der Waals surface area contributed by atoms with E-state index >= 15 is 0 Å². The van der Waals surface area contributed by atoms with Gasteiger partial charge in [-0.25, -0.2) is 4.79 Å². The molecule has 6 heteroatoms. The number of Topliss-reactive ketones (excluding diaryl/α,β-unsaturated/α-hetero) is 1. The third-order valence-corrected chi connectivity index (χ3v) is 5.10. The summed E-state index contributed by atoms with van der Waals surface area (Å²) in [6, 6.07) is 19.9. The molecule has 0 N–H and O–H groups in total. The molecule has 3 aromatic carbocycles. The van der Waals surface area contributed by atoms with E-state index in [1.54, 1.807) is 42.5 Å². The molecule has 1 aliphatic heterocycles. The van der Waals surface area contributed by atoms with Gasteiger partial charge in [-0.2, -0.15) is 0 Å². The second kappa shape index (κ2) is 9.39. The average Bonchev–Trinajstić information content (AvgIpc) is 2.84. The standard InChI is InChI=1S/C26H22O6/c1-29-23-10-8-18(26(28)30-2)12-19(23)13-20-16-32-24-11-9-21(14-22(24)25(20)27)31-15-17-6-4-3-5-7-17/h3-14H,15-16H2,1-2H3. The third-order valence-electron chi connectivity index (χ3n) is 5.10. The molecule has 0 fully saturated rings. The van der Waals surface area contributed by atoms with Crippen molar-refractivity contribution < 1.29 is 28.5 Å². The highest BCUT2D eigenvalue weighted by Crippen LogP contribution is 2.33. The normalized spacial score (nSPS) is 13.8. The molecule has 0 unspecified atom stereocenters. The number of fused-ring (bicyclic) bond motifs is 1. The van der Waals surface area contributed by atoms with E-state index in [4.69, 9.17) is 18.9 Å². The maximum Gasteiger partial charge on any atom is 0.337 e. The molecule has 0 bridgehead atoms. The van der Waals surface area contributed by atoms with Crippen molar-refractivity contribution in [1.29, 1.82) is 0 Å². The van der Waals surface area contributed by atoms with Crippen LogP contribution in [0.2, 0.25) is 0 Å². The SMILES string of the molecule is COC(=O)c1ccc(OC)c(C=C2COc3ccc(OCc4ccccc4)cc3C2=O)c1. The van der Waals surface area contributed by atoms with Crippen LogP contribution in [0.3, 0.4) is 0 Å². The van der Waals surface area contributed by atoms with Crippen LogP contribution >= 0.6 is 0 Å². The minimum absolute atomic E-state index is 0.113. The van der Waals surface area contributed by atoms with E-state index in [1.807, 2.05) is 30.3 Å². The molecular weight excluding hydrogens is 408 g/mol. The van der Waals surface area contributed by atoms with Gasteiger partial charge in [0.25, 0.3) is 0 Å². The number of benzene rings is 3. The zero-order chi connectivity index (χ0) is 22.5. The van der Waals surface area contributed by atoms with Gasteiger partial charge >= 0.3 is 5.97 Å². The predicted molar refractivity (Wildman–Crippen MR) is 119 cm³/mol. The quantitative estimate of drug-likeness (QED) is 0.416. The first kappa shape index (κ1) is 21.2. The summed E-state index contributed by atoms with van der Waals surface area (Å²) in [5, 5.41) is 0. The van der Waals surface area contributed by atoms with Gasteiger partial charge in [0, 0.05) is 11.1 Å². The van der Waals surface area contributed by atoms with E-state index in [-0.39, 0.29) is 12.4 Å². The van der Waals surface area contributed by atoms with Crippen LogP contribution in [0.4, 0.5) is 0 Å². The van der Waals surface area contributed by atoms with Crippen LogP contribution in [0.25, 0.3) is 6.08 Å². The number of ether oxygens (including phenoxy) is 4. The van der Waals surface area contributed by atoms with E-state index in [0.29, 0.717) is 46.1 Å². The Morgan fingerprint density at radius 2 is 1.84 bits per heavy atom. The highest BCUT2D eigenvalue weighted by molar-refractivity contribution is 6.14. The van der Waals surface area contributed by atoms with Gasteiger partial charge in [-0.1, -0.05) is 30.3 Å². The lowest BCUT2D eigenvalue weighted by Crippen LogP contribution is -2.19. The minimum atomic E-state index is -0.468. The van der Waals surface area contributed by atoms with Crippen molar-refractivity contribution >= 4 is 17.8 Å². The van der Waals surface area contributed by atoms with Gasteiger partial charge in [0.15, 0.2) is 5.78 Å². The largest absolute Gasteiger partial charge is 0.496 e. The van der Waals surface area contributed by atoms with Crippen molar-refractivity contribution in [1.82, 2.24) is 0 Å². The lowest BCUT2D eigenvalue weighted by atomic mass is 9.97. The molecule has 1 aliphatic rings. The smallest absolute Gasteiger partial charge is 0.337 e. The number of carbonyl (C=O) groups excluding carboxylic acids is 2. The van der Waals surface area contributed by atoms with E-state index in [1.165, 1.54) is 14.2 Å². The van der Waals surface area contributed by atoms with Crippen LogP contribution in [0, 0.1) is 0 Å². The van der Waals surface area contributed by atoms with Crippen LogP contribution in [-0.2, 0) is 11.3 Å². The monoisotopic (exact) mass is 430 g/mol. The Morgan fingerprint density at radius 1 is 1.03 bits per heavy atom. The molecule has 0 atom stereocenters. The second-order valence-electron chi connectivity index (χ2n) is 7.17. The Bertz CT molecular complexity index is 1180. The topological polar surface area (TPSA) is 71.1 Å². The first-order chi connectivity index (χ1) is 15.6. The Hall–Kier alpha value is -4.06. The Kier molecular flexibility index (Phi) is 6.22. The molecule has 32 heavy (non-hydrogen) atoms. The molecule has 162 valence electrons. The number of ketones is 1. The molecule has 0 saturated heterocycles. The Balaban J connectivity index is 1.60. The minimum Gasteiger partial charge on any atom is -0.496 e. The fourth-order valence-corrected chi connectivity index (χ4v) is 3.42. The third kappa shape index (κ3) is 4.49. The average molecular weight is 430 g/mol. The van der Waals surface area contributed by atoms with Gasteiger partial charge in [-0.15, -0.1) is 0 Å². The van der Waals surface area contributed by atoms with Crippen LogP contribution < -0.4 is 14.2 Å². The van der Waals surface area contributed by atoms with Crippen molar-refractivity contribution in [3.8, 4) is 17.2 Å². The number of carbonyl (C=O) groups is 2. The lowest BCUT2D eigenvalue weighted by molar-refractivity contribution is 0.0600. The van der Waals surface area contributed by atoms with Gasteiger partial charge in [-0.05, 0) is 48.0 Å². The molecule has 0 saturated carbocycles. The van der Waals surface area contributed by atoms with Crippen molar-refractivity contribution in [3.63, 3.8) is 0 Å². The summed E-state index contributed by atoms with van der Waals surface area (Å²) < 4.78 is 21.8. The number of methoxy groups -OCH3 is 2. The van der Waals surface area contributed by atoms with Crippen molar-refractivity contribution in [2.45, 2.75) is 6.61 Å². The maximum absolute atomic E-state index is 13.2. The first-order valence-corrected chi connectivity index (χ1v) is 10.0. The summed E-state index contributed by atoms with van der Waals surface area (Å²) in [6.07, 6.45) is 1.67. The fourth-order valence-electron chi connectivity index (χ4n) is 3.42. The molecule has 4 rings (SSSR count). The van der Waals surface area contributed by atoms with Crippen LogP contribution in [0.5, 0.6) is 17.2 Å². The summed E-state index contributed by atoms with van der Waals surface area (Å²) in [4.78, 5) is 25.1. The number of hydrogen-bond donors (Lipinski definition) is 0. The van der Waals surface area contributed by atoms with E-state index in [2.05, 4.69) is 0 Å². The molecule has 0 radical (unpaired) electrons. The van der Waals surface area contributed by atoms with Gasteiger partial charge in [-0.3, -0.25) is 4.79 Å². The van der Waals surface area contributed by atoms with Crippen molar-refractivity contribution in [3.05, 3.63) is 94.6 Å². The van der Waals surface area contributed by atoms with Gasteiger partial charge in [0.2, 0.25) is 0 Å². The molecule has 0 aromatic heterocycles. The number of hydrogen-bond acceptors (Lipinski definition) is 6. The summed E-state index contributed by atoms with van der Waals surface area (Å²) in [7, 11) is 2.84. The first-order valence-electron chi connectivity index (χ1n) is 10.0. The van der Waals surface area contributed by atoms with Crippen molar-refractivity contribution in [2.24, 2.45) is 0 Å². The van der Waals surface area contributed by atoms with Crippen LogP contribution in [0.1, 0.15) is 31.8 Å². The molecule has 0 amide bonds. The summed E-state index contributed by atoms with van der Waals surface area (Å²) in [5.74, 6) is 0.986.